The predicted molar refractivity (Wildman–Crippen MR) is 81.7 cm³/mol. The van der Waals surface area contributed by atoms with Crippen LogP contribution in [-0.2, 0) is 0 Å². The van der Waals surface area contributed by atoms with Crippen LogP contribution in [0.5, 0.6) is 0 Å². The molecule has 0 saturated heterocycles. The zero-order valence-corrected chi connectivity index (χ0v) is 11.3. The second kappa shape index (κ2) is 4.78. The first-order valence-electron chi connectivity index (χ1n) is 5.94. The van der Waals surface area contributed by atoms with Gasteiger partial charge in [0.1, 0.15) is 11.5 Å². The first-order valence-corrected chi connectivity index (χ1v) is 6.82. The van der Waals surface area contributed by atoms with Crippen LogP contribution in [0.2, 0.25) is 0 Å². The Hall–Kier alpha value is -2.27. The van der Waals surface area contributed by atoms with E-state index in [0.29, 0.717) is 5.84 Å². The number of nitrogens with two attached hydrogens (primary N) is 1. The molecule has 0 fully saturated rings. The van der Waals surface area contributed by atoms with Crippen molar-refractivity contribution in [3.05, 3.63) is 53.3 Å². The van der Waals surface area contributed by atoms with Crippen LogP contribution in [0.4, 0.5) is 0 Å². The summed E-state index contributed by atoms with van der Waals surface area (Å²) in [5.74, 6) is 0.484. The van der Waals surface area contributed by atoms with Gasteiger partial charge < -0.3 is 16.4 Å². The highest BCUT2D eigenvalue weighted by atomic mass is 32.1. The van der Waals surface area contributed by atoms with Crippen molar-refractivity contribution in [2.24, 2.45) is 10.7 Å². The summed E-state index contributed by atoms with van der Waals surface area (Å²) < 4.78 is 1.28. The summed E-state index contributed by atoms with van der Waals surface area (Å²) in [6, 6.07) is 8.48. The van der Waals surface area contributed by atoms with Gasteiger partial charge in [-0.3, -0.25) is 0 Å². The summed E-state index contributed by atoms with van der Waals surface area (Å²) in [6.45, 7) is 0. The van der Waals surface area contributed by atoms with Crippen LogP contribution in [0.25, 0.3) is 15.8 Å². The molecule has 1 aromatic carbocycles. The van der Waals surface area contributed by atoms with Gasteiger partial charge in [0.05, 0.1) is 5.70 Å². The Labute approximate surface area is 115 Å². The van der Waals surface area contributed by atoms with E-state index in [1.165, 1.54) is 10.1 Å². The average molecular weight is 270 g/mol. The molecule has 0 unspecified atom stereocenters. The molecule has 0 amide bonds. The fourth-order valence-electron chi connectivity index (χ4n) is 2.11. The summed E-state index contributed by atoms with van der Waals surface area (Å²) in [6.07, 6.45) is 3.42. The van der Waals surface area contributed by atoms with E-state index in [2.05, 4.69) is 45.3 Å². The lowest BCUT2D eigenvalue weighted by molar-refractivity contribution is 1.03. The van der Waals surface area contributed by atoms with E-state index in [9.17, 15) is 0 Å². The van der Waals surface area contributed by atoms with E-state index < -0.39 is 0 Å². The van der Waals surface area contributed by atoms with E-state index in [1.54, 1.807) is 23.7 Å². The van der Waals surface area contributed by atoms with Gasteiger partial charge in [-0.15, -0.1) is 11.3 Å². The smallest absolute Gasteiger partial charge is 0.149 e. The molecule has 0 aliphatic carbocycles. The van der Waals surface area contributed by atoms with Crippen LogP contribution in [0.3, 0.4) is 0 Å². The number of nitrogens with zero attached hydrogens (tertiary/aromatic N) is 1. The Bertz CT molecular complexity index is 709. The van der Waals surface area contributed by atoms with Gasteiger partial charge in [0, 0.05) is 29.7 Å². The molecule has 2 aromatic rings. The zero-order chi connectivity index (χ0) is 13.2. The lowest BCUT2D eigenvalue weighted by Crippen LogP contribution is -2.29. The molecule has 0 bridgehead atoms. The Morgan fingerprint density at radius 1 is 1.37 bits per heavy atom. The van der Waals surface area contributed by atoms with Crippen LogP contribution in [-0.4, -0.2) is 12.9 Å². The lowest BCUT2D eigenvalue weighted by atomic mass is 10.1. The Kier molecular flexibility index (Phi) is 2.97. The lowest BCUT2D eigenvalue weighted by Gasteiger charge is -2.17. The molecule has 1 aliphatic rings. The van der Waals surface area contributed by atoms with Gasteiger partial charge in [0.2, 0.25) is 0 Å². The van der Waals surface area contributed by atoms with Crippen molar-refractivity contribution >= 4 is 33.0 Å². The van der Waals surface area contributed by atoms with E-state index in [1.807, 2.05) is 7.05 Å². The van der Waals surface area contributed by atoms with Crippen LogP contribution >= 0.6 is 11.3 Å². The number of benzene rings is 1. The summed E-state index contributed by atoms with van der Waals surface area (Å²) in [4.78, 5) is 4.11. The molecule has 3 rings (SSSR count). The van der Waals surface area contributed by atoms with Crippen LogP contribution in [0.1, 0.15) is 5.56 Å². The van der Waals surface area contributed by atoms with Gasteiger partial charge in [-0.05, 0) is 29.0 Å². The highest BCUT2D eigenvalue weighted by Crippen LogP contribution is 2.25. The molecular weight excluding hydrogens is 256 g/mol. The maximum atomic E-state index is 5.93. The topological polar surface area (TPSA) is 62.4 Å². The second-order valence-corrected chi connectivity index (χ2v) is 5.10. The fourth-order valence-corrected chi connectivity index (χ4v) is 2.88. The number of hydrogen-bond donors (Lipinski definition) is 3. The number of nitrogens with one attached hydrogen (secondary N) is 2. The van der Waals surface area contributed by atoms with E-state index >= 15 is 0 Å². The van der Waals surface area contributed by atoms with Crippen molar-refractivity contribution < 1.29 is 0 Å². The summed E-state index contributed by atoms with van der Waals surface area (Å²) in [5, 5.41) is 9.67. The second-order valence-electron chi connectivity index (χ2n) is 4.15. The van der Waals surface area contributed by atoms with Gasteiger partial charge in [-0.2, -0.15) is 0 Å². The molecule has 1 aromatic heterocycles. The Balaban J connectivity index is 2.14. The zero-order valence-electron chi connectivity index (χ0n) is 10.5. The Morgan fingerprint density at radius 3 is 3.05 bits per heavy atom. The van der Waals surface area contributed by atoms with Gasteiger partial charge >= 0.3 is 0 Å². The average Bonchev–Trinajstić information content (AvgIpc) is 2.89. The third-order valence-corrected chi connectivity index (χ3v) is 3.91. The van der Waals surface area contributed by atoms with Gasteiger partial charge in [0.25, 0.3) is 0 Å². The molecule has 4 N–H and O–H groups in total. The van der Waals surface area contributed by atoms with Crippen LogP contribution < -0.4 is 16.4 Å². The molecule has 0 saturated carbocycles. The molecular formula is C14H14N4S. The molecule has 19 heavy (non-hydrogen) atoms. The minimum absolute atomic E-state index is 0.484. The van der Waals surface area contributed by atoms with Gasteiger partial charge in [0.15, 0.2) is 0 Å². The van der Waals surface area contributed by atoms with E-state index in [0.717, 1.165) is 17.0 Å². The standard InChI is InChI=1S/C14H14N4S/c1-16-12(13-14(15)18-6-5-17-13)10-2-3-11-9(8-10)4-7-19-11/h2-8,16-17H,1H3,(H2,15,18)/b13-12-. The minimum Gasteiger partial charge on any atom is -0.386 e. The van der Waals surface area contributed by atoms with Crippen LogP contribution in [0, 0.1) is 0 Å². The minimum atomic E-state index is 0.484. The third-order valence-electron chi connectivity index (χ3n) is 3.01. The maximum absolute atomic E-state index is 5.93. The molecule has 1 aliphatic heterocycles. The molecule has 0 atom stereocenters. The first-order chi connectivity index (χ1) is 9.29. The molecule has 96 valence electrons. The number of rotatable bonds is 2. The largest absolute Gasteiger partial charge is 0.386 e. The molecule has 5 heteroatoms. The third kappa shape index (κ3) is 2.08. The Morgan fingerprint density at radius 2 is 2.26 bits per heavy atom. The van der Waals surface area contributed by atoms with E-state index in [4.69, 9.17) is 5.73 Å². The van der Waals surface area contributed by atoms with Crippen molar-refractivity contribution in [2.75, 3.05) is 7.05 Å². The normalized spacial score (nSPS) is 17.0. The molecule has 0 radical (unpaired) electrons. The SMILES string of the molecule is CN/C(=C1\NC=CN=C1N)c1ccc2sccc2c1. The fraction of sp³-hybridized carbons (Fsp3) is 0.0714. The van der Waals surface area contributed by atoms with Crippen molar-refractivity contribution in [2.45, 2.75) is 0 Å². The van der Waals surface area contributed by atoms with Gasteiger partial charge in [-0.1, -0.05) is 6.07 Å². The molecule has 2 heterocycles. The number of fused-ring (bicyclic) bond motifs is 1. The van der Waals surface area contributed by atoms with Crippen molar-refractivity contribution in [1.29, 1.82) is 0 Å². The van der Waals surface area contributed by atoms with Gasteiger partial charge in [-0.25, -0.2) is 4.99 Å². The molecule has 0 spiro atoms. The summed E-state index contributed by atoms with van der Waals surface area (Å²) in [7, 11) is 1.88. The summed E-state index contributed by atoms with van der Waals surface area (Å²) in [5.41, 5.74) is 8.76. The summed E-state index contributed by atoms with van der Waals surface area (Å²) >= 11 is 1.74. The quantitative estimate of drug-likeness (QED) is 0.784. The highest BCUT2D eigenvalue weighted by Gasteiger charge is 2.13. The van der Waals surface area contributed by atoms with Crippen molar-refractivity contribution in [1.82, 2.24) is 10.6 Å². The van der Waals surface area contributed by atoms with Crippen LogP contribution in [0.15, 0.2) is 52.7 Å². The number of aliphatic imine (C=N–C) groups is 1. The van der Waals surface area contributed by atoms with Crippen molar-refractivity contribution in [3.63, 3.8) is 0 Å². The highest BCUT2D eigenvalue weighted by molar-refractivity contribution is 7.17. The first kappa shape index (κ1) is 11.8. The monoisotopic (exact) mass is 270 g/mol. The number of thiophene rings is 1. The number of hydrogen-bond acceptors (Lipinski definition) is 5. The molecule has 4 nitrogen and oxygen atoms in total. The van der Waals surface area contributed by atoms with Crippen molar-refractivity contribution in [3.8, 4) is 0 Å². The van der Waals surface area contributed by atoms with E-state index in [-0.39, 0.29) is 0 Å². The maximum Gasteiger partial charge on any atom is 0.149 e. The predicted octanol–water partition coefficient (Wildman–Crippen LogP) is 2.22. The number of amidine groups is 1.